The molecule has 4 nitrogen and oxygen atoms in total. The van der Waals surface area contributed by atoms with Crippen molar-refractivity contribution in [1.82, 2.24) is 15.0 Å². The molecule has 0 N–H and O–H groups in total. The van der Waals surface area contributed by atoms with Crippen molar-refractivity contribution in [2.75, 3.05) is 0 Å². The van der Waals surface area contributed by atoms with Crippen LogP contribution in [0.3, 0.4) is 0 Å². The summed E-state index contributed by atoms with van der Waals surface area (Å²) >= 11 is 0. The van der Waals surface area contributed by atoms with Gasteiger partial charge in [-0.15, -0.1) is 0 Å². The summed E-state index contributed by atoms with van der Waals surface area (Å²) in [5, 5.41) is 13.6. The Bertz CT molecular complexity index is 3210. The van der Waals surface area contributed by atoms with Crippen LogP contribution in [0.25, 0.3) is 110 Å². The predicted molar refractivity (Wildman–Crippen MR) is 211 cm³/mol. The average Bonchev–Trinajstić information content (AvgIpc) is 3.59. The third-order valence-electron chi connectivity index (χ3n) is 10.3. The van der Waals surface area contributed by atoms with E-state index in [2.05, 4.69) is 152 Å². The number of rotatable bonds is 3. The smallest absolute Gasteiger partial charge is 0.164 e. The molecule has 0 aliphatic heterocycles. The lowest BCUT2D eigenvalue weighted by atomic mass is 9.96. The molecule has 0 atom stereocenters. The fraction of sp³-hybridized carbons (Fsp3) is 0. The molecule has 0 unspecified atom stereocenters. The third kappa shape index (κ3) is 4.30. The predicted octanol–water partition coefficient (Wildman–Crippen LogP) is 12.5. The van der Waals surface area contributed by atoms with Crippen LogP contribution < -0.4 is 0 Å². The molecular weight excluding hydrogens is 623 g/mol. The highest BCUT2D eigenvalue weighted by atomic mass is 16.3. The Balaban J connectivity index is 1.22. The molecule has 0 bridgehead atoms. The first kappa shape index (κ1) is 28.0. The van der Waals surface area contributed by atoms with E-state index >= 15 is 0 Å². The number of benzene rings is 9. The molecular formula is C47H27N3O. The molecule has 2 heterocycles. The van der Waals surface area contributed by atoms with Crippen LogP contribution in [0.1, 0.15) is 0 Å². The molecule has 11 rings (SSSR count). The van der Waals surface area contributed by atoms with Crippen LogP contribution in [0.5, 0.6) is 0 Å². The number of fused-ring (bicyclic) bond motifs is 11. The minimum atomic E-state index is 0.603. The van der Waals surface area contributed by atoms with E-state index in [4.69, 9.17) is 19.4 Å². The maximum absolute atomic E-state index is 6.75. The standard InChI is InChI=1S/C47H27N3O/c1-2-12-31-26-33(23-20-28(31)10-1)45-48-46(50-47(49-45)40-27-32-13-4-5-14-34(32)36-16-7-8-17-37(36)40)39-18-9-19-41-43(39)38-25-24-30-22-21-29-11-3-6-15-35(29)42(30)44(38)51-41/h1-27H. The highest BCUT2D eigenvalue weighted by Gasteiger charge is 2.21. The van der Waals surface area contributed by atoms with Gasteiger partial charge in [0.2, 0.25) is 0 Å². The van der Waals surface area contributed by atoms with Gasteiger partial charge in [-0.2, -0.15) is 0 Å². The highest BCUT2D eigenvalue weighted by Crippen LogP contribution is 2.42. The van der Waals surface area contributed by atoms with E-state index in [9.17, 15) is 0 Å². The van der Waals surface area contributed by atoms with Gasteiger partial charge in [0.1, 0.15) is 11.2 Å². The van der Waals surface area contributed by atoms with Gasteiger partial charge in [-0.1, -0.05) is 140 Å². The number of hydrogen-bond acceptors (Lipinski definition) is 4. The monoisotopic (exact) mass is 649 g/mol. The first-order chi connectivity index (χ1) is 25.3. The molecule has 0 fully saturated rings. The quantitative estimate of drug-likeness (QED) is 0.179. The van der Waals surface area contributed by atoms with E-state index in [1.54, 1.807) is 0 Å². The van der Waals surface area contributed by atoms with Crippen LogP contribution in [-0.2, 0) is 0 Å². The van der Waals surface area contributed by atoms with E-state index in [-0.39, 0.29) is 0 Å². The van der Waals surface area contributed by atoms with Gasteiger partial charge in [-0.25, -0.2) is 15.0 Å². The van der Waals surface area contributed by atoms with Gasteiger partial charge in [-0.05, 0) is 72.7 Å². The van der Waals surface area contributed by atoms with Crippen LogP contribution >= 0.6 is 0 Å². The molecule has 0 saturated carbocycles. The second kappa shape index (κ2) is 10.8. The van der Waals surface area contributed by atoms with E-state index in [0.717, 1.165) is 65.6 Å². The zero-order chi connectivity index (χ0) is 33.5. The highest BCUT2D eigenvalue weighted by molar-refractivity contribution is 6.24. The Morgan fingerprint density at radius 1 is 0.333 bits per heavy atom. The Morgan fingerprint density at radius 3 is 1.82 bits per heavy atom. The molecule has 2 aromatic heterocycles. The van der Waals surface area contributed by atoms with E-state index in [1.807, 2.05) is 12.1 Å². The maximum Gasteiger partial charge on any atom is 0.164 e. The zero-order valence-electron chi connectivity index (χ0n) is 27.3. The topological polar surface area (TPSA) is 51.8 Å². The SMILES string of the molecule is c1ccc2cc(-c3nc(-c4cc5ccccc5c5ccccc45)nc(-c4cccc5oc6c(ccc7ccc8ccccc8c76)c45)n3)ccc2c1. The zero-order valence-corrected chi connectivity index (χ0v) is 27.3. The first-order valence-corrected chi connectivity index (χ1v) is 17.2. The average molecular weight is 650 g/mol. The lowest BCUT2D eigenvalue weighted by molar-refractivity contribution is 0.673. The van der Waals surface area contributed by atoms with Crippen molar-refractivity contribution >= 4 is 75.8 Å². The number of aromatic nitrogens is 3. The van der Waals surface area contributed by atoms with Gasteiger partial charge in [0.05, 0.1) is 0 Å². The fourth-order valence-corrected chi connectivity index (χ4v) is 7.87. The molecule has 0 aliphatic rings. The van der Waals surface area contributed by atoms with E-state index < -0.39 is 0 Å². The van der Waals surface area contributed by atoms with Crippen molar-refractivity contribution in [2.24, 2.45) is 0 Å². The molecule has 0 spiro atoms. The summed E-state index contributed by atoms with van der Waals surface area (Å²) < 4.78 is 6.75. The Hall–Kier alpha value is -6.91. The number of nitrogens with zero attached hydrogens (tertiary/aromatic N) is 3. The van der Waals surface area contributed by atoms with Crippen molar-refractivity contribution in [2.45, 2.75) is 0 Å². The molecule has 0 saturated heterocycles. The van der Waals surface area contributed by atoms with Crippen molar-refractivity contribution in [3.8, 4) is 34.2 Å². The first-order valence-electron chi connectivity index (χ1n) is 17.2. The van der Waals surface area contributed by atoms with Crippen molar-refractivity contribution in [1.29, 1.82) is 0 Å². The summed E-state index contributed by atoms with van der Waals surface area (Å²) in [4.78, 5) is 15.8. The minimum Gasteiger partial charge on any atom is -0.455 e. The molecule has 4 heteroatoms. The Labute approximate surface area is 292 Å². The van der Waals surface area contributed by atoms with Crippen LogP contribution in [-0.4, -0.2) is 15.0 Å². The van der Waals surface area contributed by atoms with Gasteiger partial charge >= 0.3 is 0 Å². The van der Waals surface area contributed by atoms with Gasteiger partial charge in [-0.3, -0.25) is 0 Å². The van der Waals surface area contributed by atoms with Gasteiger partial charge in [0, 0.05) is 32.8 Å². The van der Waals surface area contributed by atoms with Crippen LogP contribution in [0.15, 0.2) is 168 Å². The summed E-state index contributed by atoms with van der Waals surface area (Å²) in [7, 11) is 0. The maximum atomic E-state index is 6.75. The second-order valence-corrected chi connectivity index (χ2v) is 13.2. The summed E-state index contributed by atoms with van der Waals surface area (Å²) in [5.74, 6) is 1.86. The second-order valence-electron chi connectivity index (χ2n) is 13.2. The summed E-state index contributed by atoms with van der Waals surface area (Å²) in [5.41, 5.74) is 4.48. The Kier molecular flexibility index (Phi) is 5.92. The van der Waals surface area contributed by atoms with Gasteiger partial charge < -0.3 is 4.42 Å². The lowest BCUT2D eigenvalue weighted by Crippen LogP contribution is -2.01. The summed E-state index contributed by atoms with van der Waals surface area (Å²) in [6.45, 7) is 0. The molecule has 236 valence electrons. The van der Waals surface area contributed by atoms with Crippen LogP contribution in [0.2, 0.25) is 0 Å². The molecule has 0 radical (unpaired) electrons. The summed E-state index contributed by atoms with van der Waals surface area (Å²) in [6.07, 6.45) is 0. The van der Waals surface area contributed by atoms with Crippen molar-refractivity contribution in [3.63, 3.8) is 0 Å². The van der Waals surface area contributed by atoms with Crippen LogP contribution in [0.4, 0.5) is 0 Å². The van der Waals surface area contributed by atoms with Crippen molar-refractivity contribution in [3.05, 3.63) is 164 Å². The molecule has 51 heavy (non-hydrogen) atoms. The molecule has 0 amide bonds. The normalized spacial score (nSPS) is 11.9. The number of furan rings is 1. The Morgan fingerprint density at radius 2 is 0.961 bits per heavy atom. The van der Waals surface area contributed by atoms with Crippen LogP contribution in [0, 0.1) is 0 Å². The van der Waals surface area contributed by atoms with E-state index in [0.29, 0.717) is 17.5 Å². The molecule has 9 aromatic carbocycles. The summed E-state index contributed by atoms with van der Waals surface area (Å²) in [6, 6.07) is 57.4. The van der Waals surface area contributed by atoms with E-state index in [1.165, 1.54) is 26.9 Å². The number of hydrogen-bond donors (Lipinski definition) is 0. The molecule has 0 aliphatic carbocycles. The third-order valence-corrected chi connectivity index (χ3v) is 10.3. The van der Waals surface area contributed by atoms with Gasteiger partial charge in [0.25, 0.3) is 0 Å². The fourth-order valence-electron chi connectivity index (χ4n) is 7.87. The van der Waals surface area contributed by atoms with Crippen molar-refractivity contribution < 1.29 is 4.42 Å². The minimum absolute atomic E-state index is 0.603. The molecule has 11 aromatic rings. The largest absolute Gasteiger partial charge is 0.455 e. The van der Waals surface area contributed by atoms with Gasteiger partial charge in [0.15, 0.2) is 17.5 Å². The lowest BCUT2D eigenvalue weighted by Gasteiger charge is -2.13.